The van der Waals surface area contributed by atoms with Gasteiger partial charge in [0.2, 0.25) is 0 Å². The summed E-state index contributed by atoms with van der Waals surface area (Å²) in [6.45, 7) is 0. The maximum atomic E-state index is 9.56. The first-order valence-electron chi connectivity index (χ1n) is 8.22. The zero-order valence-electron chi connectivity index (χ0n) is 16.0. The van der Waals surface area contributed by atoms with Gasteiger partial charge in [0.1, 0.15) is 0 Å². The van der Waals surface area contributed by atoms with Crippen molar-refractivity contribution in [3.05, 3.63) is 48.8 Å². The smallest absolute Gasteiger partial charge is 1.00 e. The Bertz CT molecular complexity index is 561. The second-order valence-electron chi connectivity index (χ2n) is 6.16. The number of halogens is 2. The van der Waals surface area contributed by atoms with E-state index in [1.165, 1.54) is 0 Å². The van der Waals surface area contributed by atoms with Crippen LogP contribution in [0.3, 0.4) is 0 Å². The van der Waals surface area contributed by atoms with E-state index >= 15 is 0 Å². The molecule has 0 aliphatic heterocycles. The summed E-state index contributed by atoms with van der Waals surface area (Å²) in [5, 5.41) is 0. The number of nitrogens with zero attached hydrogens (tertiary/aromatic N) is 2. The topological polar surface area (TPSA) is 121 Å². The Labute approximate surface area is 195 Å². The molecule has 0 atom stereocenters. The average molecular weight is 536 g/mol. The van der Waals surface area contributed by atoms with Gasteiger partial charge in [0.05, 0.1) is 11.4 Å². The average Bonchev–Trinajstić information content (AvgIpc) is 2.55. The van der Waals surface area contributed by atoms with E-state index in [-0.39, 0.29) is 62.4 Å². The first-order valence-corrected chi connectivity index (χ1v) is 10.2. The number of rotatable bonds is 1. The Morgan fingerprint density at radius 3 is 1.29 bits per heavy atom. The van der Waals surface area contributed by atoms with Crippen molar-refractivity contribution in [2.75, 3.05) is 12.5 Å². The third-order valence-corrected chi connectivity index (χ3v) is 3.41. The molecule has 3 rings (SSSR count). The van der Waals surface area contributed by atoms with E-state index < -0.39 is 10.8 Å². The van der Waals surface area contributed by atoms with Crippen LogP contribution in [0.25, 0.3) is 11.4 Å². The fourth-order valence-corrected chi connectivity index (χ4v) is 2.48. The number of nitrogens with two attached hydrogens (primary N) is 3. The van der Waals surface area contributed by atoms with Gasteiger partial charge >= 0.3 is 19.5 Å². The molecule has 0 aromatic carbocycles. The number of hydrogen-bond donors (Lipinski definition) is 3. The van der Waals surface area contributed by atoms with Crippen molar-refractivity contribution in [2.24, 2.45) is 17.2 Å². The Morgan fingerprint density at radius 1 is 0.786 bits per heavy atom. The number of hydrogen-bond acceptors (Lipinski definition) is 6. The molecular formula is C18H29Cl2N5ORuS. The maximum Gasteiger partial charge on any atom is 2.00 e. The van der Waals surface area contributed by atoms with Gasteiger partial charge in [0.15, 0.2) is 0 Å². The molecule has 0 bridgehead atoms. The van der Waals surface area contributed by atoms with Crippen molar-refractivity contribution in [1.82, 2.24) is 9.97 Å². The van der Waals surface area contributed by atoms with E-state index in [1.54, 1.807) is 24.9 Å². The molecule has 2 aromatic rings. The summed E-state index contributed by atoms with van der Waals surface area (Å²) in [5.41, 5.74) is 18.8. The molecule has 0 amide bonds. The number of aromatic nitrogens is 2. The molecule has 28 heavy (non-hydrogen) atoms. The van der Waals surface area contributed by atoms with Gasteiger partial charge < -0.3 is 42.0 Å². The van der Waals surface area contributed by atoms with E-state index in [2.05, 4.69) is 9.97 Å². The summed E-state index contributed by atoms with van der Waals surface area (Å²) in [6, 6.07) is 12.3. The SMILES string of the molecule is CS(C)=O.NC1CC(N)CC(N)C1.[Cl-].[Cl-].[Ru+2].c1ccc(-c2ccccn2)nc1. The largest absolute Gasteiger partial charge is 2.00 e. The summed E-state index contributed by atoms with van der Waals surface area (Å²) in [6.07, 6.45) is 9.63. The monoisotopic (exact) mass is 535 g/mol. The summed E-state index contributed by atoms with van der Waals surface area (Å²) in [5.74, 6) is 0. The normalized spacial score (nSPS) is 19.9. The predicted octanol–water partition coefficient (Wildman–Crippen LogP) is -4.70. The van der Waals surface area contributed by atoms with Crippen LogP contribution in [0.5, 0.6) is 0 Å². The van der Waals surface area contributed by atoms with Crippen LogP contribution < -0.4 is 42.0 Å². The molecule has 160 valence electrons. The Morgan fingerprint density at radius 2 is 1.07 bits per heavy atom. The van der Waals surface area contributed by atoms with Crippen molar-refractivity contribution in [3.63, 3.8) is 0 Å². The van der Waals surface area contributed by atoms with Crippen LogP contribution in [0.2, 0.25) is 0 Å². The Hall–Kier alpha value is -0.467. The molecule has 1 fully saturated rings. The van der Waals surface area contributed by atoms with Crippen molar-refractivity contribution < 1.29 is 48.5 Å². The molecule has 10 heteroatoms. The van der Waals surface area contributed by atoms with Crippen molar-refractivity contribution in [3.8, 4) is 11.4 Å². The third-order valence-electron chi connectivity index (χ3n) is 3.41. The molecule has 0 radical (unpaired) electrons. The minimum absolute atomic E-state index is 0. The minimum atomic E-state index is -0.611. The maximum absolute atomic E-state index is 9.56. The van der Waals surface area contributed by atoms with Crippen LogP contribution in [0.4, 0.5) is 0 Å². The van der Waals surface area contributed by atoms with Gasteiger partial charge in [0, 0.05) is 53.8 Å². The van der Waals surface area contributed by atoms with Crippen molar-refractivity contribution in [2.45, 2.75) is 37.4 Å². The van der Waals surface area contributed by atoms with Gasteiger partial charge in [-0.1, -0.05) is 12.1 Å². The standard InChI is InChI=1S/C10H8N2.C6H15N3.C2H6OS.2ClH.Ru/c1-3-7-11-9(5-1)10-6-2-4-8-12-10;7-4-1-5(8)3-6(9)2-4;1-4(2)3;;;/h1-8H;4-6H,1-3,7-9H2;1-2H3;2*1H;/q;;;;;+2/p-2. The fraction of sp³-hybridized carbons (Fsp3) is 0.444. The second-order valence-corrected chi connectivity index (χ2v) is 7.64. The molecule has 6 nitrogen and oxygen atoms in total. The molecular weight excluding hydrogens is 506 g/mol. The van der Waals surface area contributed by atoms with Gasteiger partial charge in [0.25, 0.3) is 0 Å². The molecule has 0 saturated heterocycles. The molecule has 0 unspecified atom stereocenters. The summed E-state index contributed by atoms with van der Waals surface area (Å²) < 4.78 is 9.56. The molecule has 1 saturated carbocycles. The minimum Gasteiger partial charge on any atom is -1.00 e. The first-order chi connectivity index (χ1) is 11.9. The first kappa shape index (κ1) is 32.2. The van der Waals surface area contributed by atoms with Crippen LogP contribution in [0, 0.1) is 0 Å². The van der Waals surface area contributed by atoms with Gasteiger partial charge in [-0.15, -0.1) is 0 Å². The zero-order valence-corrected chi connectivity index (χ0v) is 20.1. The second kappa shape index (κ2) is 18.6. The van der Waals surface area contributed by atoms with Gasteiger partial charge in [-0.05, 0) is 43.5 Å². The van der Waals surface area contributed by atoms with E-state index in [0.717, 1.165) is 30.7 Å². The van der Waals surface area contributed by atoms with E-state index in [4.69, 9.17) is 17.2 Å². The van der Waals surface area contributed by atoms with Crippen LogP contribution in [-0.4, -0.2) is 44.8 Å². The molecule has 2 aromatic heterocycles. The van der Waals surface area contributed by atoms with Gasteiger partial charge in [-0.3, -0.25) is 14.2 Å². The quantitative estimate of drug-likeness (QED) is 0.316. The summed E-state index contributed by atoms with van der Waals surface area (Å²) >= 11 is 0. The summed E-state index contributed by atoms with van der Waals surface area (Å²) in [7, 11) is -0.611. The number of pyridine rings is 2. The van der Waals surface area contributed by atoms with Gasteiger partial charge in [-0.2, -0.15) is 0 Å². The van der Waals surface area contributed by atoms with Crippen LogP contribution in [-0.2, 0) is 30.3 Å². The van der Waals surface area contributed by atoms with E-state index in [0.29, 0.717) is 0 Å². The van der Waals surface area contributed by atoms with E-state index in [9.17, 15) is 4.21 Å². The van der Waals surface area contributed by atoms with Crippen LogP contribution >= 0.6 is 0 Å². The van der Waals surface area contributed by atoms with Crippen LogP contribution in [0.1, 0.15) is 19.3 Å². The summed E-state index contributed by atoms with van der Waals surface area (Å²) in [4.78, 5) is 8.37. The van der Waals surface area contributed by atoms with Crippen LogP contribution in [0.15, 0.2) is 48.8 Å². The Balaban J connectivity index is -0.000000353. The molecule has 1 aliphatic carbocycles. The fourth-order valence-electron chi connectivity index (χ4n) is 2.48. The molecule has 1 aliphatic rings. The zero-order chi connectivity index (χ0) is 18.7. The predicted molar refractivity (Wildman–Crippen MR) is 105 cm³/mol. The Kier molecular flexibility index (Phi) is 21.3. The van der Waals surface area contributed by atoms with Gasteiger partial charge in [-0.25, -0.2) is 0 Å². The molecule has 6 N–H and O–H groups in total. The molecule has 2 heterocycles. The van der Waals surface area contributed by atoms with Crippen molar-refractivity contribution in [1.29, 1.82) is 0 Å². The molecule has 0 spiro atoms. The third kappa shape index (κ3) is 15.5. The van der Waals surface area contributed by atoms with Crippen molar-refractivity contribution >= 4 is 10.8 Å². The van der Waals surface area contributed by atoms with E-state index in [1.807, 2.05) is 36.4 Å².